The first kappa shape index (κ1) is 13.5. The second-order valence-electron chi connectivity index (χ2n) is 4.03. The molecule has 1 N–H and O–H groups in total. The quantitative estimate of drug-likeness (QED) is 0.675. The minimum Gasteiger partial charge on any atom is -0.497 e. The predicted molar refractivity (Wildman–Crippen MR) is 77.4 cm³/mol. The number of H-pyrrole nitrogens is 1. The SMILES string of the molecule is CCCc1n[nH]c(=S)n1/N=C\c1cccc(OC)c1. The summed E-state index contributed by atoms with van der Waals surface area (Å²) < 4.78 is 7.32. The normalized spacial score (nSPS) is 11.1. The second-order valence-corrected chi connectivity index (χ2v) is 4.41. The summed E-state index contributed by atoms with van der Waals surface area (Å²) in [5, 5.41) is 11.3. The van der Waals surface area contributed by atoms with Crippen molar-refractivity contribution in [1.29, 1.82) is 0 Å². The van der Waals surface area contributed by atoms with Gasteiger partial charge < -0.3 is 4.74 Å². The van der Waals surface area contributed by atoms with Crippen molar-refractivity contribution in [3.8, 4) is 5.75 Å². The van der Waals surface area contributed by atoms with E-state index in [4.69, 9.17) is 17.0 Å². The van der Waals surface area contributed by atoms with Crippen LogP contribution >= 0.6 is 12.2 Å². The van der Waals surface area contributed by atoms with E-state index >= 15 is 0 Å². The minimum absolute atomic E-state index is 0.502. The molecule has 0 unspecified atom stereocenters. The number of methoxy groups -OCH3 is 1. The molecule has 0 radical (unpaired) electrons. The standard InChI is InChI=1S/C13H16N4OS/c1-3-5-12-15-16-13(19)17(12)14-9-10-6-4-7-11(8-10)18-2/h4,6-9H,3,5H2,1-2H3,(H,16,19)/b14-9-. The summed E-state index contributed by atoms with van der Waals surface area (Å²) >= 11 is 5.16. The molecule has 0 saturated carbocycles. The summed E-state index contributed by atoms with van der Waals surface area (Å²) in [4.78, 5) is 0. The van der Waals surface area contributed by atoms with Crippen molar-refractivity contribution in [3.05, 3.63) is 40.4 Å². The molecule has 100 valence electrons. The van der Waals surface area contributed by atoms with E-state index in [-0.39, 0.29) is 0 Å². The average molecular weight is 276 g/mol. The minimum atomic E-state index is 0.502. The molecule has 0 aliphatic heterocycles. The van der Waals surface area contributed by atoms with Crippen molar-refractivity contribution in [2.75, 3.05) is 7.11 Å². The molecule has 5 nitrogen and oxygen atoms in total. The third kappa shape index (κ3) is 3.29. The van der Waals surface area contributed by atoms with Crippen molar-refractivity contribution in [3.63, 3.8) is 0 Å². The number of ether oxygens (including phenoxy) is 1. The molecule has 0 bridgehead atoms. The summed E-state index contributed by atoms with van der Waals surface area (Å²) in [7, 11) is 1.64. The third-order valence-corrected chi connectivity index (χ3v) is 2.87. The van der Waals surface area contributed by atoms with Gasteiger partial charge in [-0.1, -0.05) is 19.1 Å². The Bertz CT molecular complexity index is 630. The maximum absolute atomic E-state index is 5.17. The molecule has 0 aliphatic rings. The fourth-order valence-corrected chi connectivity index (χ4v) is 1.87. The molecule has 1 heterocycles. The van der Waals surface area contributed by atoms with E-state index in [2.05, 4.69) is 22.2 Å². The van der Waals surface area contributed by atoms with Crippen molar-refractivity contribution >= 4 is 18.4 Å². The molecule has 1 aromatic carbocycles. The van der Waals surface area contributed by atoms with Crippen LogP contribution in [-0.2, 0) is 6.42 Å². The zero-order valence-corrected chi connectivity index (χ0v) is 11.8. The van der Waals surface area contributed by atoms with Crippen LogP contribution in [0, 0.1) is 4.77 Å². The molecule has 19 heavy (non-hydrogen) atoms. The summed E-state index contributed by atoms with van der Waals surface area (Å²) in [6, 6.07) is 7.67. The second kappa shape index (κ2) is 6.29. The number of nitrogens with one attached hydrogen (secondary N) is 1. The van der Waals surface area contributed by atoms with Crippen LogP contribution in [0.15, 0.2) is 29.4 Å². The molecule has 0 fully saturated rings. The molecule has 0 saturated heterocycles. The molecule has 0 atom stereocenters. The highest BCUT2D eigenvalue weighted by atomic mass is 32.1. The van der Waals surface area contributed by atoms with Gasteiger partial charge in [0.05, 0.1) is 13.3 Å². The lowest BCUT2D eigenvalue weighted by molar-refractivity contribution is 0.415. The summed E-state index contributed by atoms with van der Waals surface area (Å²) in [5.74, 6) is 1.64. The molecule has 2 aromatic rings. The Kier molecular flexibility index (Phi) is 4.46. The average Bonchev–Trinajstić information content (AvgIpc) is 2.78. The smallest absolute Gasteiger partial charge is 0.216 e. The van der Waals surface area contributed by atoms with Crippen LogP contribution in [0.25, 0.3) is 0 Å². The lowest BCUT2D eigenvalue weighted by atomic mass is 10.2. The van der Waals surface area contributed by atoms with Gasteiger partial charge in [0.25, 0.3) is 0 Å². The van der Waals surface area contributed by atoms with Gasteiger partial charge in [-0.2, -0.15) is 14.9 Å². The van der Waals surface area contributed by atoms with E-state index < -0.39 is 0 Å². The first-order valence-electron chi connectivity index (χ1n) is 6.09. The van der Waals surface area contributed by atoms with Crippen molar-refractivity contribution in [2.24, 2.45) is 5.10 Å². The largest absolute Gasteiger partial charge is 0.497 e. The third-order valence-electron chi connectivity index (χ3n) is 2.61. The van der Waals surface area contributed by atoms with Crippen LogP contribution in [0.5, 0.6) is 5.75 Å². The summed E-state index contributed by atoms with van der Waals surface area (Å²) in [5.41, 5.74) is 0.949. The van der Waals surface area contributed by atoms with Crippen LogP contribution in [0.1, 0.15) is 24.7 Å². The van der Waals surface area contributed by atoms with Gasteiger partial charge in [-0.15, -0.1) is 0 Å². The number of hydrogen-bond donors (Lipinski definition) is 1. The van der Waals surface area contributed by atoms with E-state index in [0.29, 0.717) is 4.77 Å². The number of aromatic nitrogens is 3. The Hall–Kier alpha value is -1.95. The van der Waals surface area contributed by atoms with Gasteiger partial charge in [0.1, 0.15) is 5.75 Å². The van der Waals surface area contributed by atoms with E-state index in [1.807, 2.05) is 24.3 Å². The van der Waals surface area contributed by atoms with Crippen LogP contribution in [0.4, 0.5) is 0 Å². The maximum Gasteiger partial charge on any atom is 0.216 e. The van der Waals surface area contributed by atoms with Crippen LogP contribution < -0.4 is 4.74 Å². The zero-order chi connectivity index (χ0) is 13.7. The van der Waals surface area contributed by atoms with Crippen LogP contribution in [0.3, 0.4) is 0 Å². The molecule has 0 amide bonds. The molecular weight excluding hydrogens is 260 g/mol. The fraction of sp³-hybridized carbons (Fsp3) is 0.308. The Morgan fingerprint density at radius 3 is 3.11 bits per heavy atom. The van der Waals surface area contributed by atoms with Crippen LogP contribution in [0.2, 0.25) is 0 Å². The molecule has 6 heteroatoms. The summed E-state index contributed by atoms with van der Waals surface area (Å²) in [6.07, 6.45) is 3.57. The van der Waals surface area contributed by atoms with E-state index in [1.54, 1.807) is 18.0 Å². The lowest BCUT2D eigenvalue weighted by Gasteiger charge is -2.01. The number of aromatic amines is 1. The maximum atomic E-state index is 5.17. The first-order valence-corrected chi connectivity index (χ1v) is 6.50. The fourth-order valence-electron chi connectivity index (χ4n) is 1.68. The molecule has 2 rings (SSSR count). The Morgan fingerprint density at radius 2 is 2.37 bits per heavy atom. The van der Waals surface area contributed by atoms with Gasteiger partial charge >= 0.3 is 0 Å². The van der Waals surface area contributed by atoms with Gasteiger partial charge in [0.15, 0.2) is 5.82 Å². The van der Waals surface area contributed by atoms with Gasteiger partial charge in [-0.3, -0.25) is 5.10 Å². The number of benzene rings is 1. The van der Waals surface area contributed by atoms with Gasteiger partial charge in [0.2, 0.25) is 4.77 Å². The first-order chi connectivity index (χ1) is 9.24. The van der Waals surface area contributed by atoms with Gasteiger partial charge in [-0.25, -0.2) is 0 Å². The number of hydrogen-bond acceptors (Lipinski definition) is 4. The molecular formula is C13H16N4OS. The number of nitrogens with zero attached hydrogens (tertiary/aromatic N) is 3. The van der Waals surface area contributed by atoms with Gasteiger partial charge in [0, 0.05) is 6.42 Å². The Morgan fingerprint density at radius 1 is 1.53 bits per heavy atom. The molecule has 1 aromatic heterocycles. The number of rotatable bonds is 5. The van der Waals surface area contributed by atoms with Crippen molar-refractivity contribution in [2.45, 2.75) is 19.8 Å². The molecule has 0 aliphatic carbocycles. The van der Waals surface area contributed by atoms with E-state index in [1.165, 1.54) is 0 Å². The van der Waals surface area contributed by atoms with E-state index in [0.717, 1.165) is 30.0 Å². The van der Waals surface area contributed by atoms with Crippen molar-refractivity contribution < 1.29 is 4.74 Å². The predicted octanol–water partition coefficient (Wildman–Crippen LogP) is 2.78. The highest BCUT2D eigenvalue weighted by Crippen LogP contribution is 2.11. The number of aryl methyl sites for hydroxylation is 1. The van der Waals surface area contributed by atoms with Crippen LogP contribution in [-0.4, -0.2) is 28.2 Å². The zero-order valence-electron chi connectivity index (χ0n) is 11.0. The summed E-state index contributed by atoms with van der Waals surface area (Å²) in [6.45, 7) is 2.09. The van der Waals surface area contributed by atoms with Gasteiger partial charge in [-0.05, 0) is 36.3 Å². The Balaban J connectivity index is 2.26. The topological polar surface area (TPSA) is 55.2 Å². The Labute approximate surface area is 116 Å². The van der Waals surface area contributed by atoms with E-state index in [9.17, 15) is 0 Å². The molecule has 0 spiro atoms. The monoisotopic (exact) mass is 276 g/mol. The highest BCUT2D eigenvalue weighted by Gasteiger charge is 2.02. The van der Waals surface area contributed by atoms with Crippen molar-refractivity contribution in [1.82, 2.24) is 14.9 Å². The lowest BCUT2D eigenvalue weighted by Crippen LogP contribution is -1.98. The highest BCUT2D eigenvalue weighted by molar-refractivity contribution is 7.71.